The van der Waals surface area contributed by atoms with Gasteiger partial charge in [0, 0.05) is 65.8 Å². The van der Waals surface area contributed by atoms with Crippen molar-refractivity contribution in [3.8, 4) is 5.75 Å². The fraction of sp³-hybridized carbons (Fsp3) is 0.500. The van der Waals surface area contributed by atoms with E-state index in [1.165, 1.54) is 22.4 Å². The third-order valence-corrected chi connectivity index (χ3v) is 8.54. The van der Waals surface area contributed by atoms with Crippen LogP contribution >= 0.6 is 0 Å². The van der Waals surface area contributed by atoms with Crippen LogP contribution in [0.25, 0.3) is 12.2 Å². The van der Waals surface area contributed by atoms with Crippen molar-refractivity contribution in [3.63, 3.8) is 0 Å². The smallest absolute Gasteiger partial charge is 0.496 e. The van der Waals surface area contributed by atoms with Crippen molar-refractivity contribution >= 4 is 31.3 Å². The van der Waals surface area contributed by atoms with Gasteiger partial charge in [-0.3, -0.25) is 9.28 Å². The Balaban J connectivity index is 1.57. The summed E-state index contributed by atoms with van der Waals surface area (Å²) < 4.78 is 10.5. The molecule has 0 unspecified atom stereocenters. The maximum atomic E-state index is 12.6. The molecule has 0 saturated carbocycles. The molecule has 0 atom stereocenters. The molecule has 1 amide bonds. The van der Waals surface area contributed by atoms with Crippen LogP contribution in [0, 0.1) is 0 Å². The zero-order valence-corrected chi connectivity index (χ0v) is 28.1. The van der Waals surface area contributed by atoms with Crippen LogP contribution < -0.4 is 10.1 Å². The predicted molar refractivity (Wildman–Crippen MR) is 181 cm³/mol. The first-order valence-corrected chi connectivity index (χ1v) is 15.8. The molecule has 229 valence electrons. The van der Waals surface area contributed by atoms with Gasteiger partial charge in [0.05, 0.1) is 7.11 Å². The van der Waals surface area contributed by atoms with Crippen LogP contribution in [0.3, 0.4) is 0 Å². The Morgan fingerprint density at radius 3 is 2.40 bits per heavy atom. The Morgan fingerprint density at radius 2 is 1.77 bits per heavy atom. The van der Waals surface area contributed by atoms with Gasteiger partial charge < -0.3 is 19.4 Å². The molecule has 0 bridgehead atoms. The van der Waals surface area contributed by atoms with E-state index in [-0.39, 0.29) is 16.7 Å². The van der Waals surface area contributed by atoms with E-state index >= 15 is 0 Å². The molecule has 2 aliphatic rings. The van der Waals surface area contributed by atoms with Crippen LogP contribution in [-0.2, 0) is 22.0 Å². The van der Waals surface area contributed by atoms with Crippen LogP contribution in [0.2, 0.25) is 0 Å². The van der Waals surface area contributed by atoms with Gasteiger partial charge in [0.15, 0.2) is 11.4 Å². The molecule has 7 heteroatoms. The normalized spacial score (nSPS) is 15.0. The molecule has 1 radical (unpaired) electrons. The molecule has 1 aromatic carbocycles. The summed E-state index contributed by atoms with van der Waals surface area (Å²) in [6.45, 7) is 23.5. The Hall–Kier alpha value is -3.32. The number of fused-ring (bicyclic) bond motifs is 2. The highest BCUT2D eigenvalue weighted by atomic mass is 16.5. The zero-order chi connectivity index (χ0) is 31.5. The summed E-state index contributed by atoms with van der Waals surface area (Å²) in [6.07, 6.45) is 10.0. The van der Waals surface area contributed by atoms with Gasteiger partial charge in [-0.15, -0.1) is 0 Å². The second-order valence-corrected chi connectivity index (χ2v) is 13.7. The second-order valence-electron chi connectivity index (χ2n) is 13.7. The topological polar surface area (TPSA) is 49.5 Å². The number of methoxy groups -OCH3 is 1. The van der Waals surface area contributed by atoms with Crippen molar-refractivity contribution in [2.45, 2.75) is 86.0 Å². The van der Waals surface area contributed by atoms with Crippen molar-refractivity contribution in [3.05, 3.63) is 75.8 Å². The van der Waals surface area contributed by atoms with Crippen LogP contribution in [0.1, 0.15) is 96.8 Å². The number of carbonyl (C=O) groups excluding carboxylic acids is 1. The van der Waals surface area contributed by atoms with Crippen LogP contribution in [0.5, 0.6) is 5.75 Å². The molecular weight excluding hydrogens is 531 g/mol. The number of ether oxygens (including phenoxy) is 1. The number of aryl methyl sites for hydroxylation is 1. The largest absolute Gasteiger partial charge is 0.700 e. The fourth-order valence-electron chi connectivity index (χ4n) is 5.75. The lowest BCUT2D eigenvalue weighted by Crippen LogP contribution is -2.35. The van der Waals surface area contributed by atoms with Gasteiger partial charge in [-0.05, 0) is 67.1 Å². The Kier molecular flexibility index (Phi) is 9.95. The number of carbonyl (C=O) groups is 1. The van der Waals surface area contributed by atoms with Gasteiger partial charge in [-0.25, -0.2) is 0 Å². The number of aromatic nitrogens is 1. The van der Waals surface area contributed by atoms with E-state index < -0.39 is 0 Å². The van der Waals surface area contributed by atoms with E-state index in [9.17, 15) is 4.79 Å². The van der Waals surface area contributed by atoms with E-state index in [2.05, 4.69) is 138 Å². The van der Waals surface area contributed by atoms with Crippen LogP contribution in [0.15, 0.2) is 47.7 Å². The minimum absolute atomic E-state index is 0.0197. The van der Waals surface area contributed by atoms with Crippen molar-refractivity contribution in [1.29, 1.82) is 0 Å². The first-order chi connectivity index (χ1) is 20.3. The Labute approximate surface area is 260 Å². The number of likely N-dealkylation sites (N-methyl/N-ethyl adjacent to an activating group) is 1. The number of hydrogen-bond acceptors (Lipinski definition) is 3. The monoisotopic (exact) mass is 582 g/mol. The Bertz CT molecular complexity index is 1470. The highest BCUT2D eigenvalue weighted by Gasteiger charge is 2.35. The van der Waals surface area contributed by atoms with Crippen molar-refractivity contribution < 1.29 is 14.0 Å². The van der Waals surface area contributed by atoms with Gasteiger partial charge >= 0.3 is 7.55 Å². The van der Waals surface area contributed by atoms with E-state index in [0.717, 1.165) is 48.0 Å². The molecule has 0 fully saturated rings. The van der Waals surface area contributed by atoms with Crippen molar-refractivity contribution in [2.24, 2.45) is 0 Å². The minimum atomic E-state index is -0.0494. The summed E-state index contributed by atoms with van der Waals surface area (Å²) in [5.74, 6) is 1.03. The van der Waals surface area contributed by atoms with E-state index in [1.54, 1.807) is 7.11 Å². The third-order valence-electron chi connectivity index (χ3n) is 8.54. The van der Waals surface area contributed by atoms with Crippen LogP contribution in [-0.4, -0.2) is 66.3 Å². The zero-order valence-electron chi connectivity index (χ0n) is 28.1. The van der Waals surface area contributed by atoms with Gasteiger partial charge in [0.25, 0.3) is 0 Å². The van der Waals surface area contributed by atoms with E-state index in [0.29, 0.717) is 19.4 Å². The number of nitrogens with zero attached hydrogens (tertiary/aromatic N) is 3. The molecule has 0 spiro atoms. The van der Waals surface area contributed by atoms with Crippen molar-refractivity contribution in [1.82, 2.24) is 14.7 Å². The quantitative estimate of drug-likeness (QED) is 0.315. The number of allylic oxidation sites excluding steroid dienone is 3. The van der Waals surface area contributed by atoms with Gasteiger partial charge in [0.1, 0.15) is 5.75 Å². The lowest BCUT2D eigenvalue weighted by Gasteiger charge is -2.28. The van der Waals surface area contributed by atoms with Crippen molar-refractivity contribution in [2.75, 3.05) is 33.3 Å². The molecule has 0 saturated heterocycles. The first-order valence-electron chi connectivity index (χ1n) is 15.8. The highest BCUT2D eigenvalue weighted by molar-refractivity contribution is 6.29. The lowest BCUT2D eigenvalue weighted by molar-refractivity contribution is -0.313. The fourth-order valence-corrected chi connectivity index (χ4v) is 5.75. The second kappa shape index (κ2) is 13.1. The molecule has 2 aromatic rings. The maximum Gasteiger partial charge on any atom is 0.700 e. The van der Waals surface area contributed by atoms with E-state index in [1.807, 2.05) is 0 Å². The molecule has 1 aromatic heterocycles. The molecule has 3 heterocycles. The molecule has 1 N–H and O–H groups in total. The lowest BCUT2D eigenvalue weighted by atomic mass is 9.79. The molecule has 2 aliphatic heterocycles. The number of benzene rings is 1. The Morgan fingerprint density at radius 1 is 1.05 bits per heavy atom. The summed E-state index contributed by atoms with van der Waals surface area (Å²) in [5.41, 5.74) is 9.34. The predicted octanol–water partition coefficient (Wildman–Crippen LogP) is 6.35. The van der Waals surface area contributed by atoms with Crippen LogP contribution in [0.4, 0.5) is 0 Å². The number of nitrogens with one attached hydrogen (secondary N) is 1. The standard InChI is InChI=1S/C36H51BN4O2/c1-11-39(12-2)20-19-38-33(42)18-17-28-15-16-30-24-32-25(3)21-29(41(32)37-40(28)30)14-13-26-22-27(35(4,5)6)23-31(34(26)43-10)36(7,8)9/h13-16,21-24H,11-12,17-20H2,1-10H3,(H,38,42)/q+1. The third kappa shape index (κ3) is 7.43. The molecular formula is C36H51BN4O2+. The van der Waals surface area contributed by atoms with E-state index in [4.69, 9.17) is 4.74 Å². The highest BCUT2D eigenvalue weighted by Crippen LogP contribution is 2.39. The molecule has 43 heavy (non-hydrogen) atoms. The minimum Gasteiger partial charge on any atom is -0.496 e. The summed E-state index contributed by atoms with van der Waals surface area (Å²) in [5, 5.41) is 3.09. The molecule has 6 nitrogen and oxygen atoms in total. The average molecular weight is 583 g/mol. The summed E-state index contributed by atoms with van der Waals surface area (Å²) >= 11 is 0. The summed E-state index contributed by atoms with van der Waals surface area (Å²) in [4.78, 5) is 14.9. The summed E-state index contributed by atoms with van der Waals surface area (Å²) in [6, 6.07) is 8.86. The first kappa shape index (κ1) is 32.6. The van der Waals surface area contributed by atoms with Gasteiger partial charge in [-0.1, -0.05) is 61.5 Å². The summed E-state index contributed by atoms with van der Waals surface area (Å²) in [7, 11) is 3.93. The average Bonchev–Trinajstić information content (AvgIpc) is 3.49. The number of amides is 1. The van der Waals surface area contributed by atoms with Gasteiger partial charge in [-0.2, -0.15) is 0 Å². The number of rotatable bonds is 11. The number of hydrogen-bond donors (Lipinski definition) is 1. The van der Waals surface area contributed by atoms with Gasteiger partial charge in [0.2, 0.25) is 5.91 Å². The molecule has 0 aliphatic carbocycles. The SMILES string of the molecule is CCN(CC)CCNC(=O)CCc1ccc2n1[B][N+]1=C(C=Cc3cc(C(C)(C)C)cc(C(C)(C)C)c3OC)C=C(C)C1=C2. The molecule has 4 rings (SSSR count). The maximum absolute atomic E-state index is 12.6.